The van der Waals surface area contributed by atoms with Crippen molar-refractivity contribution in [3.8, 4) is 5.75 Å². The smallest absolute Gasteiger partial charge is 0.269 e. The Kier molecular flexibility index (Phi) is 7.15. The van der Waals surface area contributed by atoms with Crippen LogP contribution in [0.4, 0.5) is 17.1 Å². The van der Waals surface area contributed by atoms with Gasteiger partial charge in [-0.1, -0.05) is 23.0 Å². The van der Waals surface area contributed by atoms with Gasteiger partial charge in [0, 0.05) is 7.05 Å². The lowest BCUT2D eigenvalue weighted by atomic mass is 10.0. The second-order valence-electron chi connectivity index (χ2n) is 7.62. The fraction of sp³-hybridized carbons (Fsp3) is 0.500. The zero-order valence-corrected chi connectivity index (χ0v) is 19.7. The number of hydrogen-bond acceptors (Lipinski definition) is 9. The van der Waals surface area contributed by atoms with Gasteiger partial charge in [0.15, 0.2) is 5.75 Å². The summed E-state index contributed by atoms with van der Waals surface area (Å²) in [5.41, 5.74) is -1.59. The van der Waals surface area contributed by atoms with E-state index in [4.69, 9.17) is 21.2 Å². The number of halogens is 1. The molecule has 0 bridgehead atoms. The van der Waals surface area contributed by atoms with E-state index >= 15 is 0 Å². The van der Waals surface area contributed by atoms with Gasteiger partial charge >= 0.3 is 0 Å². The molecule has 1 aliphatic rings. The van der Waals surface area contributed by atoms with Crippen molar-refractivity contribution in [3.63, 3.8) is 0 Å². The molecule has 0 saturated carbocycles. The highest BCUT2D eigenvalue weighted by molar-refractivity contribution is 7.89. The van der Waals surface area contributed by atoms with Gasteiger partial charge < -0.3 is 20.5 Å². The van der Waals surface area contributed by atoms with E-state index < -0.39 is 31.5 Å². The van der Waals surface area contributed by atoms with Gasteiger partial charge in [0.05, 0.1) is 36.1 Å². The summed E-state index contributed by atoms with van der Waals surface area (Å²) in [7, 11) is -2.00. The molecule has 0 aromatic heterocycles. The quantitative estimate of drug-likeness (QED) is 0.276. The molecular formula is C20H26ClN3O7S. The van der Waals surface area contributed by atoms with Crippen LogP contribution in [0.25, 0.3) is 0 Å². The fourth-order valence-electron chi connectivity index (χ4n) is 3.68. The second-order valence-corrected chi connectivity index (χ2v) is 9.90. The molecular weight excluding hydrogens is 462 g/mol. The lowest BCUT2D eigenvalue weighted by molar-refractivity contribution is -0.0259. The van der Waals surface area contributed by atoms with Crippen LogP contribution in [0, 0.1) is 0 Å². The first-order valence-electron chi connectivity index (χ1n) is 10.1. The number of ether oxygens (including phenoxy) is 1. The number of anilines is 3. The summed E-state index contributed by atoms with van der Waals surface area (Å²) >= 11 is 6.02. The first-order valence-corrected chi connectivity index (χ1v) is 11.9. The van der Waals surface area contributed by atoms with E-state index in [1.165, 1.54) is 12.1 Å². The number of aromatic hydroxyl groups is 1. The molecule has 2 aromatic rings. The molecule has 3 rings (SSSR count). The van der Waals surface area contributed by atoms with Gasteiger partial charge in [-0.15, -0.1) is 0 Å². The van der Waals surface area contributed by atoms with Crippen molar-refractivity contribution in [1.29, 1.82) is 0 Å². The molecule has 0 aliphatic carbocycles. The van der Waals surface area contributed by atoms with Gasteiger partial charge in [-0.3, -0.25) is 14.4 Å². The van der Waals surface area contributed by atoms with Gasteiger partial charge in [-0.25, -0.2) is 8.42 Å². The Bertz CT molecular complexity index is 1180. The molecule has 0 amide bonds. The van der Waals surface area contributed by atoms with Gasteiger partial charge in [0.2, 0.25) is 0 Å². The molecule has 3 atom stereocenters. The van der Waals surface area contributed by atoms with E-state index in [1.807, 2.05) is 13.8 Å². The summed E-state index contributed by atoms with van der Waals surface area (Å²) in [5, 5.41) is 16.1. The van der Waals surface area contributed by atoms with E-state index in [0.717, 1.165) is 27.0 Å². The molecule has 1 saturated heterocycles. The number of nitrogens with zero attached hydrogens (tertiary/aromatic N) is 1. The van der Waals surface area contributed by atoms with Gasteiger partial charge in [0.25, 0.3) is 20.9 Å². The summed E-state index contributed by atoms with van der Waals surface area (Å²) in [6.07, 6.45) is 2.42. The average molecular weight is 488 g/mol. The van der Waals surface area contributed by atoms with Crippen molar-refractivity contribution in [2.24, 2.45) is 0 Å². The molecule has 0 spiro atoms. The highest BCUT2D eigenvalue weighted by atomic mass is 35.5. The molecule has 1 aliphatic heterocycles. The van der Waals surface area contributed by atoms with Crippen molar-refractivity contribution < 1.29 is 23.1 Å². The predicted molar refractivity (Wildman–Crippen MR) is 121 cm³/mol. The first-order chi connectivity index (χ1) is 15.0. The maximum absolute atomic E-state index is 12.6. The number of phenols is 1. The molecule has 1 heterocycles. The van der Waals surface area contributed by atoms with Crippen LogP contribution >= 0.6 is 11.6 Å². The lowest BCUT2D eigenvalue weighted by Crippen LogP contribution is -2.42. The third-order valence-corrected chi connectivity index (χ3v) is 7.77. The Morgan fingerprint density at radius 3 is 2.50 bits per heavy atom. The Morgan fingerprint density at radius 1 is 1.28 bits per heavy atom. The fourth-order valence-corrected chi connectivity index (χ4v) is 5.24. The summed E-state index contributed by atoms with van der Waals surface area (Å²) in [6, 6.07) is 2.37. The number of rotatable bonds is 9. The maximum atomic E-state index is 12.6. The van der Waals surface area contributed by atoms with Crippen molar-refractivity contribution in [1.82, 2.24) is 4.47 Å². The molecule has 3 N–H and O–H groups in total. The highest BCUT2D eigenvalue weighted by Crippen LogP contribution is 2.40. The maximum Gasteiger partial charge on any atom is 0.269 e. The molecule has 1 fully saturated rings. The standard InChI is InChI=1S/C20H26ClN3O7S/c1-5-12(14-9-6-10(2)31-14)22-15-16(19(27)18(15)26)23-13-8-7-11(21)20(17(13)25)32(28,29)24(3)30-4/h7-8,10,12,14,22-23,25H,5-6,9H2,1-4H3/t10-,12?,14-/m1/s1. The molecule has 2 aromatic carbocycles. The van der Waals surface area contributed by atoms with E-state index in [9.17, 15) is 23.1 Å². The third-order valence-electron chi connectivity index (χ3n) is 5.59. The van der Waals surface area contributed by atoms with Crippen LogP contribution in [0.1, 0.15) is 33.1 Å². The van der Waals surface area contributed by atoms with Crippen LogP contribution in [0.5, 0.6) is 5.75 Å². The predicted octanol–water partition coefficient (Wildman–Crippen LogP) is 2.33. The van der Waals surface area contributed by atoms with Gasteiger partial charge in [0.1, 0.15) is 16.3 Å². The number of benzene rings is 1. The van der Waals surface area contributed by atoms with E-state index in [0.29, 0.717) is 10.9 Å². The van der Waals surface area contributed by atoms with Crippen molar-refractivity contribution in [2.75, 3.05) is 24.8 Å². The summed E-state index contributed by atoms with van der Waals surface area (Å²) < 4.78 is 31.7. The molecule has 0 radical (unpaired) electrons. The molecule has 12 heteroatoms. The van der Waals surface area contributed by atoms with Crippen LogP contribution in [0.15, 0.2) is 26.6 Å². The minimum atomic E-state index is -4.29. The Balaban J connectivity index is 1.93. The topological polar surface area (TPSA) is 134 Å². The van der Waals surface area contributed by atoms with Crippen LogP contribution in [0.3, 0.4) is 0 Å². The van der Waals surface area contributed by atoms with Crippen molar-refractivity contribution in [2.45, 2.75) is 56.3 Å². The molecule has 10 nitrogen and oxygen atoms in total. The normalized spacial score (nSPS) is 20.1. The SMILES string of the molecule is CCC(Nc1c(Nc2ccc(Cl)c(S(=O)(=O)N(C)OC)c2O)c(=O)c1=O)[C@H]1CC[C@@H](C)O1. The number of hydrogen-bond donors (Lipinski definition) is 3. The van der Waals surface area contributed by atoms with Crippen LogP contribution < -0.4 is 21.5 Å². The van der Waals surface area contributed by atoms with Gasteiger partial charge in [-0.2, -0.15) is 0 Å². The first kappa shape index (κ1) is 24.5. The average Bonchev–Trinajstić information content (AvgIpc) is 3.19. The summed E-state index contributed by atoms with van der Waals surface area (Å²) in [5.74, 6) is -0.708. The van der Waals surface area contributed by atoms with Crippen molar-refractivity contribution in [3.05, 3.63) is 37.6 Å². The number of hydroxylamine groups is 1. The van der Waals surface area contributed by atoms with Crippen molar-refractivity contribution >= 4 is 38.7 Å². The van der Waals surface area contributed by atoms with Crippen LogP contribution in [-0.4, -0.2) is 50.4 Å². The van der Waals surface area contributed by atoms with E-state index in [-0.39, 0.29) is 40.3 Å². The Morgan fingerprint density at radius 2 is 1.94 bits per heavy atom. The lowest BCUT2D eigenvalue weighted by Gasteiger charge is -2.26. The second kappa shape index (κ2) is 9.36. The van der Waals surface area contributed by atoms with Gasteiger partial charge in [-0.05, 0) is 38.3 Å². The Hall–Kier alpha value is -2.18. The third kappa shape index (κ3) is 4.35. The Labute approximate surface area is 190 Å². The zero-order valence-electron chi connectivity index (χ0n) is 18.1. The summed E-state index contributed by atoms with van der Waals surface area (Å²) in [6.45, 7) is 3.92. The minimum Gasteiger partial charge on any atom is -0.504 e. The van der Waals surface area contributed by atoms with Crippen LogP contribution in [0.2, 0.25) is 5.02 Å². The zero-order chi connectivity index (χ0) is 23.8. The number of sulfonamides is 1. The monoisotopic (exact) mass is 487 g/mol. The van der Waals surface area contributed by atoms with Crippen LogP contribution in [-0.2, 0) is 19.6 Å². The van der Waals surface area contributed by atoms with E-state index in [2.05, 4.69) is 10.6 Å². The minimum absolute atomic E-state index is 0.0674. The molecule has 1 unspecified atom stereocenters. The molecule has 32 heavy (non-hydrogen) atoms. The van der Waals surface area contributed by atoms with E-state index in [1.54, 1.807) is 0 Å². The largest absolute Gasteiger partial charge is 0.504 e. The highest BCUT2D eigenvalue weighted by Gasteiger charge is 2.33. The number of nitrogens with one attached hydrogen (secondary N) is 2. The molecule has 176 valence electrons. The number of phenolic OH excluding ortho intramolecular Hbond substituents is 1. The summed E-state index contributed by atoms with van der Waals surface area (Å²) in [4.78, 5) is 28.6.